The first kappa shape index (κ1) is 18.7. The van der Waals surface area contributed by atoms with Crippen molar-refractivity contribution < 1.29 is 19.1 Å². The van der Waals surface area contributed by atoms with Crippen molar-refractivity contribution in [3.8, 4) is 0 Å². The number of halogens is 1. The van der Waals surface area contributed by atoms with Crippen LogP contribution in [0.25, 0.3) is 0 Å². The highest BCUT2D eigenvalue weighted by atomic mass is 35.5. The van der Waals surface area contributed by atoms with Crippen molar-refractivity contribution in [1.82, 2.24) is 0 Å². The van der Waals surface area contributed by atoms with Gasteiger partial charge in [-0.2, -0.15) is 0 Å². The van der Waals surface area contributed by atoms with Gasteiger partial charge in [0.2, 0.25) is 0 Å². The maximum Gasteiger partial charge on any atom is 0.307 e. The number of hydrogen-bond acceptors (Lipinski definition) is 4. The van der Waals surface area contributed by atoms with E-state index in [1.54, 1.807) is 48.5 Å². The van der Waals surface area contributed by atoms with Crippen LogP contribution in [0.3, 0.4) is 0 Å². The van der Waals surface area contributed by atoms with Gasteiger partial charge in [-0.1, -0.05) is 48.0 Å². The van der Waals surface area contributed by atoms with Crippen LogP contribution in [-0.4, -0.2) is 23.8 Å². The number of ketones is 1. The Kier molecular flexibility index (Phi) is 6.71. The minimum Gasteiger partial charge on any atom is -0.453 e. The Morgan fingerprint density at radius 3 is 2.44 bits per heavy atom. The molecule has 0 aliphatic heterocycles. The largest absolute Gasteiger partial charge is 0.453 e. The number of esters is 1. The lowest BCUT2D eigenvalue weighted by atomic mass is 10.1. The van der Waals surface area contributed by atoms with Gasteiger partial charge < -0.3 is 10.1 Å². The SMILES string of the molecule is C[C@H](OC(=O)CCC(=O)c1ccccc1)C(=O)Nc1cccc(Cl)c1. The highest BCUT2D eigenvalue weighted by molar-refractivity contribution is 6.30. The molecule has 25 heavy (non-hydrogen) atoms. The van der Waals surface area contributed by atoms with Crippen LogP contribution < -0.4 is 5.32 Å². The van der Waals surface area contributed by atoms with Crippen LogP contribution in [0.4, 0.5) is 5.69 Å². The lowest BCUT2D eigenvalue weighted by Gasteiger charge is -2.13. The van der Waals surface area contributed by atoms with Crippen LogP contribution in [0, 0.1) is 0 Å². The molecule has 0 saturated carbocycles. The molecule has 2 rings (SSSR count). The summed E-state index contributed by atoms with van der Waals surface area (Å²) in [6.45, 7) is 1.47. The number of amides is 1. The van der Waals surface area contributed by atoms with Gasteiger partial charge in [-0.15, -0.1) is 0 Å². The normalized spacial score (nSPS) is 11.4. The third kappa shape index (κ3) is 6.04. The maximum atomic E-state index is 12.0. The molecule has 0 aliphatic rings. The molecule has 0 bridgehead atoms. The number of ether oxygens (including phenoxy) is 1. The van der Waals surface area contributed by atoms with E-state index in [1.807, 2.05) is 6.07 Å². The van der Waals surface area contributed by atoms with Gasteiger partial charge in [0.1, 0.15) is 0 Å². The third-order valence-corrected chi connectivity index (χ3v) is 3.66. The lowest BCUT2D eigenvalue weighted by molar-refractivity contribution is -0.153. The Morgan fingerprint density at radius 2 is 1.76 bits per heavy atom. The van der Waals surface area contributed by atoms with E-state index in [2.05, 4.69) is 5.32 Å². The number of nitrogens with one attached hydrogen (secondary N) is 1. The van der Waals surface area contributed by atoms with Crippen molar-refractivity contribution in [2.75, 3.05) is 5.32 Å². The molecule has 2 aromatic carbocycles. The first-order valence-electron chi connectivity index (χ1n) is 7.80. The highest BCUT2D eigenvalue weighted by Crippen LogP contribution is 2.15. The molecule has 0 aliphatic carbocycles. The molecule has 0 aromatic heterocycles. The predicted octanol–water partition coefficient (Wildman–Crippen LogP) is 3.87. The first-order chi connectivity index (χ1) is 12.0. The quantitative estimate of drug-likeness (QED) is 0.601. The van der Waals surface area contributed by atoms with Crippen LogP contribution in [0.5, 0.6) is 0 Å². The van der Waals surface area contributed by atoms with Crippen molar-refractivity contribution in [2.24, 2.45) is 0 Å². The van der Waals surface area contributed by atoms with E-state index in [-0.39, 0.29) is 18.6 Å². The molecule has 5 nitrogen and oxygen atoms in total. The summed E-state index contributed by atoms with van der Waals surface area (Å²) >= 11 is 5.85. The molecule has 1 amide bonds. The zero-order valence-electron chi connectivity index (χ0n) is 13.7. The number of hydrogen-bond donors (Lipinski definition) is 1. The Labute approximate surface area is 150 Å². The molecular weight excluding hydrogens is 342 g/mol. The summed E-state index contributed by atoms with van der Waals surface area (Å²) in [5, 5.41) is 3.10. The van der Waals surface area contributed by atoms with E-state index in [4.69, 9.17) is 16.3 Å². The lowest BCUT2D eigenvalue weighted by Crippen LogP contribution is -2.30. The number of Topliss-reactive ketones (excluding diaryl/α,β-unsaturated/α-hetero) is 1. The van der Waals surface area contributed by atoms with Crippen LogP contribution in [0.2, 0.25) is 5.02 Å². The number of anilines is 1. The molecule has 0 fully saturated rings. The van der Waals surface area contributed by atoms with E-state index in [9.17, 15) is 14.4 Å². The zero-order valence-corrected chi connectivity index (χ0v) is 14.5. The summed E-state index contributed by atoms with van der Waals surface area (Å²) in [4.78, 5) is 35.8. The molecule has 0 spiro atoms. The second-order valence-electron chi connectivity index (χ2n) is 5.42. The molecule has 0 radical (unpaired) electrons. The van der Waals surface area contributed by atoms with Crippen LogP contribution in [0.1, 0.15) is 30.1 Å². The van der Waals surface area contributed by atoms with E-state index in [0.717, 1.165) is 0 Å². The van der Waals surface area contributed by atoms with E-state index < -0.39 is 18.0 Å². The summed E-state index contributed by atoms with van der Waals surface area (Å²) in [6, 6.07) is 15.4. The van der Waals surface area contributed by atoms with E-state index in [0.29, 0.717) is 16.3 Å². The fourth-order valence-electron chi connectivity index (χ4n) is 2.10. The van der Waals surface area contributed by atoms with Crippen molar-refractivity contribution in [3.63, 3.8) is 0 Å². The third-order valence-electron chi connectivity index (χ3n) is 3.42. The molecule has 0 saturated heterocycles. The van der Waals surface area contributed by atoms with Gasteiger partial charge in [-0.05, 0) is 25.1 Å². The molecule has 2 aromatic rings. The Bertz CT molecular complexity index is 761. The average Bonchev–Trinajstić information content (AvgIpc) is 2.60. The molecule has 130 valence electrons. The Hall–Kier alpha value is -2.66. The summed E-state index contributed by atoms with van der Waals surface area (Å²) in [5.41, 5.74) is 1.06. The Balaban J connectivity index is 1.79. The Morgan fingerprint density at radius 1 is 1.04 bits per heavy atom. The minimum absolute atomic E-state index is 0.0332. The second-order valence-corrected chi connectivity index (χ2v) is 5.86. The first-order valence-corrected chi connectivity index (χ1v) is 8.17. The van der Waals surface area contributed by atoms with Crippen LogP contribution in [0.15, 0.2) is 54.6 Å². The molecule has 0 unspecified atom stereocenters. The highest BCUT2D eigenvalue weighted by Gasteiger charge is 2.19. The minimum atomic E-state index is -0.974. The van der Waals surface area contributed by atoms with Crippen LogP contribution in [-0.2, 0) is 14.3 Å². The fourth-order valence-corrected chi connectivity index (χ4v) is 2.29. The molecule has 1 N–H and O–H groups in total. The molecular formula is C19H18ClNO4. The fraction of sp³-hybridized carbons (Fsp3) is 0.211. The second kappa shape index (κ2) is 8.99. The number of carbonyl (C=O) groups is 3. The predicted molar refractivity (Wildman–Crippen MR) is 95.6 cm³/mol. The van der Waals surface area contributed by atoms with Gasteiger partial charge in [0.05, 0.1) is 6.42 Å². The zero-order chi connectivity index (χ0) is 18.2. The van der Waals surface area contributed by atoms with Gasteiger partial charge >= 0.3 is 5.97 Å². The molecule has 0 heterocycles. The van der Waals surface area contributed by atoms with E-state index >= 15 is 0 Å². The van der Waals surface area contributed by atoms with Gasteiger partial charge in [0.15, 0.2) is 11.9 Å². The maximum absolute atomic E-state index is 12.0. The summed E-state index contributed by atoms with van der Waals surface area (Å²) in [5.74, 6) is -1.21. The summed E-state index contributed by atoms with van der Waals surface area (Å²) in [6.07, 6.45) is -1.02. The standard InChI is InChI=1S/C19H18ClNO4/c1-13(19(24)21-16-9-5-8-15(20)12-16)25-18(23)11-10-17(22)14-6-3-2-4-7-14/h2-9,12-13H,10-11H2,1H3,(H,21,24)/t13-/m0/s1. The van der Waals surface area contributed by atoms with Gasteiger partial charge in [0.25, 0.3) is 5.91 Å². The van der Waals surface area contributed by atoms with Gasteiger partial charge in [-0.25, -0.2) is 0 Å². The van der Waals surface area contributed by atoms with Gasteiger partial charge in [-0.3, -0.25) is 14.4 Å². The monoisotopic (exact) mass is 359 g/mol. The van der Waals surface area contributed by atoms with Crippen molar-refractivity contribution >= 4 is 34.9 Å². The number of benzene rings is 2. The number of carbonyl (C=O) groups excluding carboxylic acids is 3. The average molecular weight is 360 g/mol. The van der Waals surface area contributed by atoms with Gasteiger partial charge in [0, 0.05) is 22.7 Å². The topological polar surface area (TPSA) is 72.5 Å². The van der Waals surface area contributed by atoms with E-state index in [1.165, 1.54) is 6.92 Å². The molecule has 1 atom stereocenters. The summed E-state index contributed by atoms with van der Waals surface area (Å²) in [7, 11) is 0. The van der Waals surface area contributed by atoms with Crippen molar-refractivity contribution in [1.29, 1.82) is 0 Å². The summed E-state index contributed by atoms with van der Waals surface area (Å²) < 4.78 is 5.06. The number of rotatable bonds is 7. The smallest absolute Gasteiger partial charge is 0.307 e. The van der Waals surface area contributed by atoms with Crippen LogP contribution >= 0.6 is 11.6 Å². The molecule has 6 heteroatoms. The van der Waals surface area contributed by atoms with Crippen molar-refractivity contribution in [3.05, 3.63) is 65.2 Å². The van der Waals surface area contributed by atoms with Crippen molar-refractivity contribution in [2.45, 2.75) is 25.9 Å².